The van der Waals surface area contributed by atoms with Crippen molar-refractivity contribution < 1.29 is 17.9 Å². The molecule has 156 valence electrons. The van der Waals surface area contributed by atoms with Gasteiger partial charge in [-0.2, -0.15) is 0 Å². The van der Waals surface area contributed by atoms with Gasteiger partial charge in [0.15, 0.2) is 9.84 Å². The average molecular weight is 409 g/mol. The van der Waals surface area contributed by atoms with Crippen molar-refractivity contribution in [2.24, 2.45) is 17.6 Å². The van der Waals surface area contributed by atoms with Crippen LogP contribution in [0.5, 0.6) is 5.75 Å². The molecule has 1 aromatic carbocycles. The molecule has 1 atom stereocenters. The second-order valence-corrected chi connectivity index (χ2v) is 10.4. The maximum absolute atomic E-state index is 12.6. The van der Waals surface area contributed by atoms with Crippen molar-refractivity contribution in [2.45, 2.75) is 61.9 Å². The summed E-state index contributed by atoms with van der Waals surface area (Å²) < 4.78 is 29.2. The Hall–Kier alpha value is -1.60. The van der Waals surface area contributed by atoms with E-state index in [0.29, 0.717) is 24.3 Å². The summed E-state index contributed by atoms with van der Waals surface area (Å²) in [6.07, 6.45) is 8.41. The van der Waals surface area contributed by atoms with E-state index in [1.807, 2.05) is 11.9 Å². The van der Waals surface area contributed by atoms with E-state index in [2.05, 4.69) is 0 Å². The van der Waals surface area contributed by atoms with Crippen LogP contribution in [0.3, 0.4) is 0 Å². The molecular weight excluding hydrogens is 376 g/mol. The van der Waals surface area contributed by atoms with E-state index in [1.165, 1.54) is 12.7 Å². The fourth-order valence-corrected chi connectivity index (χ4v) is 4.77. The molecule has 1 aromatic rings. The number of rotatable bonds is 7. The summed E-state index contributed by atoms with van der Waals surface area (Å²) in [4.78, 5) is 14.7. The lowest BCUT2D eigenvalue weighted by molar-refractivity contribution is -0.136. The molecule has 0 saturated heterocycles. The Kier molecular flexibility index (Phi) is 6.65. The molecule has 6 nitrogen and oxygen atoms in total. The van der Waals surface area contributed by atoms with Crippen LogP contribution in [0.1, 0.15) is 44.9 Å². The molecule has 2 aliphatic carbocycles. The van der Waals surface area contributed by atoms with Gasteiger partial charge in [0.25, 0.3) is 0 Å². The zero-order chi connectivity index (χ0) is 20.3. The maximum atomic E-state index is 12.6. The summed E-state index contributed by atoms with van der Waals surface area (Å²) >= 11 is 0. The van der Waals surface area contributed by atoms with Crippen molar-refractivity contribution in [2.75, 3.05) is 19.9 Å². The summed E-state index contributed by atoms with van der Waals surface area (Å²) in [6.45, 7) is 0.561. The Labute approximate surface area is 168 Å². The molecule has 0 unspecified atom stereocenters. The van der Waals surface area contributed by atoms with Crippen LogP contribution in [0.2, 0.25) is 0 Å². The van der Waals surface area contributed by atoms with Gasteiger partial charge in [-0.1, -0.05) is 6.07 Å². The maximum Gasteiger partial charge on any atom is 0.239 e. The van der Waals surface area contributed by atoms with Crippen LogP contribution in [0.15, 0.2) is 29.2 Å². The van der Waals surface area contributed by atoms with Gasteiger partial charge in [0, 0.05) is 19.3 Å². The van der Waals surface area contributed by atoms with Gasteiger partial charge in [0.1, 0.15) is 5.75 Å². The van der Waals surface area contributed by atoms with Crippen molar-refractivity contribution in [1.29, 1.82) is 0 Å². The number of nitrogens with zero attached hydrogens (tertiary/aromatic N) is 1. The summed E-state index contributed by atoms with van der Waals surface area (Å²) in [5.41, 5.74) is 6.30. The Balaban J connectivity index is 1.46. The predicted molar refractivity (Wildman–Crippen MR) is 109 cm³/mol. The van der Waals surface area contributed by atoms with E-state index >= 15 is 0 Å². The van der Waals surface area contributed by atoms with Crippen LogP contribution in [0.25, 0.3) is 0 Å². The Morgan fingerprint density at radius 1 is 1.21 bits per heavy atom. The smallest absolute Gasteiger partial charge is 0.239 e. The Bertz CT molecular complexity index is 783. The van der Waals surface area contributed by atoms with Gasteiger partial charge >= 0.3 is 0 Å². The lowest BCUT2D eigenvalue weighted by atomic mass is 9.78. The van der Waals surface area contributed by atoms with E-state index < -0.39 is 15.9 Å². The highest BCUT2D eigenvalue weighted by Crippen LogP contribution is 2.32. The SMILES string of the molecule is CN(C(=O)[C@@H](N)C1CCC(COc2cccc(S(C)(=O)=O)c2)CC1)C1CCC1. The highest BCUT2D eigenvalue weighted by Gasteiger charge is 2.34. The Morgan fingerprint density at radius 2 is 1.89 bits per heavy atom. The van der Waals surface area contributed by atoms with Crippen molar-refractivity contribution in [1.82, 2.24) is 4.90 Å². The molecule has 0 spiro atoms. The predicted octanol–water partition coefficient (Wildman–Crippen LogP) is 2.61. The van der Waals surface area contributed by atoms with Crippen molar-refractivity contribution in [3.05, 3.63) is 24.3 Å². The third-order valence-corrected chi connectivity index (χ3v) is 7.48. The lowest BCUT2D eigenvalue weighted by Crippen LogP contribution is -2.52. The van der Waals surface area contributed by atoms with E-state index in [4.69, 9.17) is 10.5 Å². The first-order chi connectivity index (χ1) is 13.3. The molecular formula is C21H32N2O4S. The standard InChI is InChI=1S/C21H32N2O4S/c1-23(17-5-3-6-17)21(24)20(22)16-11-9-15(10-12-16)14-27-18-7-4-8-19(13-18)28(2,25)26/h4,7-8,13,15-17,20H,3,5-6,9-12,14,22H2,1-2H3/t15?,16?,20-/m0/s1. The van der Waals surface area contributed by atoms with E-state index in [1.54, 1.807) is 24.3 Å². The summed E-state index contributed by atoms with van der Waals surface area (Å²) in [6, 6.07) is 6.61. The van der Waals surface area contributed by atoms with Gasteiger partial charge in [-0.15, -0.1) is 0 Å². The second kappa shape index (κ2) is 8.82. The number of amides is 1. The fourth-order valence-electron chi connectivity index (χ4n) is 4.11. The number of hydrogen-bond acceptors (Lipinski definition) is 5. The third-order valence-electron chi connectivity index (χ3n) is 6.37. The molecule has 2 aliphatic rings. The monoisotopic (exact) mass is 408 g/mol. The fraction of sp³-hybridized carbons (Fsp3) is 0.667. The minimum atomic E-state index is -3.23. The quantitative estimate of drug-likeness (QED) is 0.749. The minimum Gasteiger partial charge on any atom is -0.493 e. The number of benzene rings is 1. The van der Waals surface area contributed by atoms with Gasteiger partial charge in [0.2, 0.25) is 5.91 Å². The number of likely N-dealkylation sites (N-methyl/N-ethyl adjacent to an activating group) is 1. The number of hydrogen-bond donors (Lipinski definition) is 1. The molecule has 0 radical (unpaired) electrons. The lowest BCUT2D eigenvalue weighted by Gasteiger charge is -2.38. The van der Waals surface area contributed by atoms with Crippen LogP contribution in [0, 0.1) is 11.8 Å². The first-order valence-electron chi connectivity index (χ1n) is 10.2. The molecule has 0 aliphatic heterocycles. The first-order valence-corrected chi connectivity index (χ1v) is 12.1. The molecule has 1 amide bonds. The topological polar surface area (TPSA) is 89.7 Å². The van der Waals surface area contributed by atoms with Crippen molar-refractivity contribution in [3.8, 4) is 5.75 Å². The van der Waals surface area contributed by atoms with Gasteiger partial charge in [-0.3, -0.25) is 4.79 Å². The highest BCUT2D eigenvalue weighted by atomic mass is 32.2. The molecule has 28 heavy (non-hydrogen) atoms. The largest absolute Gasteiger partial charge is 0.493 e. The van der Waals surface area contributed by atoms with E-state index in [9.17, 15) is 13.2 Å². The summed E-state index contributed by atoms with van der Waals surface area (Å²) in [5.74, 6) is 1.31. The van der Waals surface area contributed by atoms with E-state index in [-0.39, 0.29) is 16.7 Å². The normalized spacial score (nSPS) is 24.2. The van der Waals surface area contributed by atoms with Crippen LogP contribution < -0.4 is 10.5 Å². The summed E-state index contributed by atoms with van der Waals surface area (Å²) in [7, 11) is -1.35. The second-order valence-electron chi connectivity index (χ2n) is 8.40. The molecule has 2 saturated carbocycles. The number of nitrogens with two attached hydrogens (primary N) is 1. The van der Waals surface area contributed by atoms with Gasteiger partial charge in [-0.25, -0.2) is 8.42 Å². The van der Waals surface area contributed by atoms with E-state index in [0.717, 1.165) is 38.5 Å². The molecule has 0 bridgehead atoms. The number of ether oxygens (including phenoxy) is 1. The number of sulfone groups is 1. The van der Waals surface area contributed by atoms with Crippen LogP contribution >= 0.6 is 0 Å². The Morgan fingerprint density at radius 3 is 2.46 bits per heavy atom. The van der Waals surface area contributed by atoms with Crippen molar-refractivity contribution >= 4 is 15.7 Å². The van der Waals surface area contributed by atoms with Gasteiger partial charge < -0.3 is 15.4 Å². The minimum absolute atomic E-state index is 0.0852. The van der Waals surface area contributed by atoms with Gasteiger partial charge in [0.05, 0.1) is 17.5 Å². The number of carbonyl (C=O) groups is 1. The summed E-state index contributed by atoms with van der Waals surface area (Å²) in [5, 5.41) is 0. The third kappa shape index (κ3) is 5.06. The van der Waals surface area contributed by atoms with Crippen LogP contribution in [0.4, 0.5) is 0 Å². The zero-order valence-electron chi connectivity index (χ0n) is 16.8. The molecule has 0 heterocycles. The first kappa shape index (κ1) is 21.1. The molecule has 2 fully saturated rings. The van der Waals surface area contributed by atoms with Crippen LogP contribution in [-0.4, -0.2) is 51.2 Å². The number of carbonyl (C=O) groups excluding carboxylic acids is 1. The molecule has 7 heteroatoms. The molecule has 3 rings (SSSR count). The average Bonchev–Trinajstić information content (AvgIpc) is 2.63. The van der Waals surface area contributed by atoms with Crippen molar-refractivity contribution in [3.63, 3.8) is 0 Å². The highest BCUT2D eigenvalue weighted by molar-refractivity contribution is 7.90. The van der Waals surface area contributed by atoms with Gasteiger partial charge in [-0.05, 0) is 75.0 Å². The van der Waals surface area contributed by atoms with Crippen LogP contribution in [-0.2, 0) is 14.6 Å². The zero-order valence-corrected chi connectivity index (χ0v) is 17.7. The molecule has 2 N–H and O–H groups in total. The molecule has 0 aromatic heterocycles.